The van der Waals surface area contributed by atoms with Crippen molar-refractivity contribution >= 4 is 23.5 Å². The van der Waals surface area contributed by atoms with Gasteiger partial charge in [0.1, 0.15) is 11.8 Å². The van der Waals surface area contributed by atoms with Crippen LogP contribution in [0.3, 0.4) is 0 Å². The molecule has 1 aliphatic heterocycles. The van der Waals surface area contributed by atoms with Crippen molar-refractivity contribution in [3.63, 3.8) is 0 Å². The molecule has 0 aromatic carbocycles. The van der Waals surface area contributed by atoms with Gasteiger partial charge in [-0.2, -0.15) is 4.98 Å². The molecule has 2 aliphatic rings. The molecule has 1 atom stereocenters. The molecular weight excluding hydrogens is 312 g/mol. The van der Waals surface area contributed by atoms with Gasteiger partial charge in [-0.25, -0.2) is 4.68 Å². The zero-order chi connectivity index (χ0) is 15.8. The number of ketones is 1. The van der Waals surface area contributed by atoms with Crippen molar-refractivity contribution in [2.24, 2.45) is 0 Å². The monoisotopic (exact) mass is 330 g/mol. The van der Waals surface area contributed by atoms with E-state index in [9.17, 15) is 4.79 Å². The SMILES string of the molecule is CCCSc1nc2n(n1)C(c1ccco1)C1=C(CCCC1=O)N2. The first-order chi connectivity index (χ1) is 11.3. The average molecular weight is 330 g/mol. The Balaban J connectivity index is 1.80. The van der Waals surface area contributed by atoms with E-state index in [-0.39, 0.29) is 11.8 Å². The van der Waals surface area contributed by atoms with E-state index >= 15 is 0 Å². The molecule has 2 aromatic heterocycles. The lowest BCUT2D eigenvalue weighted by Gasteiger charge is -2.30. The van der Waals surface area contributed by atoms with E-state index in [1.54, 1.807) is 22.7 Å². The van der Waals surface area contributed by atoms with Crippen LogP contribution in [0.4, 0.5) is 5.95 Å². The van der Waals surface area contributed by atoms with Gasteiger partial charge in [-0.05, 0) is 31.4 Å². The van der Waals surface area contributed by atoms with Crippen molar-refractivity contribution in [3.8, 4) is 0 Å². The molecule has 1 aliphatic carbocycles. The maximum Gasteiger partial charge on any atom is 0.227 e. The summed E-state index contributed by atoms with van der Waals surface area (Å²) in [7, 11) is 0. The first kappa shape index (κ1) is 14.6. The lowest BCUT2D eigenvalue weighted by Crippen LogP contribution is -2.31. The topological polar surface area (TPSA) is 73.0 Å². The second kappa shape index (κ2) is 5.88. The minimum absolute atomic E-state index is 0.170. The van der Waals surface area contributed by atoms with Gasteiger partial charge in [0, 0.05) is 23.4 Å². The fourth-order valence-electron chi connectivity index (χ4n) is 3.10. The molecule has 0 bridgehead atoms. The maximum atomic E-state index is 12.5. The minimum Gasteiger partial charge on any atom is -0.467 e. The molecule has 23 heavy (non-hydrogen) atoms. The molecule has 0 radical (unpaired) electrons. The quantitative estimate of drug-likeness (QED) is 0.866. The molecule has 2 aromatic rings. The number of hydrogen-bond donors (Lipinski definition) is 1. The number of furan rings is 1. The van der Waals surface area contributed by atoms with Crippen molar-refractivity contribution in [3.05, 3.63) is 35.4 Å². The van der Waals surface area contributed by atoms with Crippen molar-refractivity contribution < 1.29 is 9.21 Å². The molecule has 120 valence electrons. The summed E-state index contributed by atoms with van der Waals surface area (Å²) in [5.41, 5.74) is 1.74. The fourth-order valence-corrected chi connectivity index (χ4v) is 3.78. The number of allylic oxidation sites excluding steroid dienone is 2. The van der Waals surface area contributed by atoms with Crippen LogP contribution in [0.15, 0.2) is 39.2 Å². The van der Waals surface area contributed by atoms with Gasteiger partial charge >= 0.3 is 0 Å². The molecule has 3 heterocycles. The van der Waals surface area contributed by atoms with Crippen LogP contribution in [0.2, 0.25) is 0 Å². The second-order valence-electron chi connectivity index (χ2n) is 5.72. The molecule has 1 N–H and O–H groups in total. The molecular formula is C16H18N4O2S. The van der Waals surface area contributed by atoms with E-state index in [0.717, 1.165) is 47.2 Å². The van der Waals surface area contributed by atoms with E-state index in [4.69, 9.17) is 4.42 Å². The highest BCUT2D eigenvalue weighted by Gasteiger charge is 2.38. The molecule has 7 heteroatoms. The summed E-state index contributed by atoms with van der Waals surface area (Å²) in [6, 6.07) is 3.42. The number of Topliss-reactive ketones (excluding diaryl/α,β-unsaturated/α-hetero) is 1. The molecule has 0 saturated carbocycles. The van der Waals surface area contributed by atoms with Crippen LogP contribution in [0.1, 0.15) is 44.4 Å². The Bertz CT molecular complexity index is 763. The highest BCUT2D eigenvalue weighted by atomic mass is 32.2. The van der Waals surface area contributed by atoms with Gasteiger partial charge in [0.2, 0.25) is 11.1 Å². The maximum absolute atomic E-state index is 12.5. The van der Waals surface area contributed by atoms with Crippen LogP contribution in [-0.2, 0) is 4.79 Å². The molecule has 0 amide bonds. The molecule has 4 rings (SSSR count). The third kappa shape index (κ3) is 2.49. The molecule has 0 spiro atoms. The summed E-state index contributed by atoms with van der Waals surface area (Å²) in [6.45, 7) is 2.13. The standard InChI is InChI=1S/C16H18N4O2S/c1-2-9-23-16-18-15-17-10-5-3-6-11(21)13(10)14(20(15)19-16)12-7-4-8-22-12/h4,7-8,14H,2-3,5-6,9H2,1H3,(H,17,18,19). The number of rotatable bonds is 4. The minimum atomic E-state index is -0.312. The highest BCUT2D eigenvalue weighted by Crippen LogP contribution is 2.40. The normalized spacial score (nSPS) is 20.2. The molecule has 1 unspecified atom stereocenters. The van der Waals surface area contributed by atoms with Gasteiger partial charge in [-0.15, -0.1) is 5.10 Å². The van der Waals surface area contributed by atoms with Crippen LogP contribution in [0, 0.1) is 0 Å². The van der Waals surface area contributed by atoms with Crippen molar-refractivity contribution in [2.45, 2.75) is 43.8 Å². The van der Waals surface area contributed by atoms with E-state index in [0.29, 0.717) is 12.4 Å². The van der Waals surface area contributed by atoms with E-state index in [2.05, 4.69) is 22.3 Å². The molecule has 0 saturated heterocycles. The van der Waals surface area contributed by atoms with Crippen LogP contribution in [0.5, 0.6) is 0 Å². The largest absolute Gasteiger partial charge is 0.467 e. The number of nitrogens with zero attached hydrogens (tertiary/aromatic N) is 3. The Morgan fingerprint density at radius 3 is 3.17 bits per heavy atom. The van der Waals surface area contributed by atoms with E-state index < -0.39 is 0 Å². The Morgan fingerprint density at radius 1 is 1.48 bits per heavy atom. The number of hydrogen-bond acceptors (Lipinski definition) is 6. The highest BCUT2D eigenvalue weighted by molar-refractivity contribution is 7.99. The number of carbonyl (C=O) groups is 1. The zero-order valence-electron chi connectivity index (χ0n) is 12.9. The number of carbonyl (C=O) groups excluding carboxylic acids is 1. The number of anilines is 1. The molecule has 6 nitrogen and oxygen atoms in total. The summed E-state index contributed by atoms with van der Waals surface area (Å²) in [6.07, 6.45) is 5.02. The van der Waals surface area contributed by atoms with Gasteiger partial charge in [-0.1, -0.05) is 18.7 Å². The van der Waals surface area contributed by atoms with Crippen LogP contribution < -0.4 is 5.32 Å². The summed E-state index contributed by atoms with van der Waals surface area (Å²) in [5.74, 6) is 2.57. The lowest BCUT2D eigenvalue weighted by molar-refractivity contribution is -0.116. The van der Waals surface area contributed by atoms with E-state index in [1.165, 1.54) is 0 Å². The van der Waals surface area contributed by atoms with Gasteiger partial charge in [0.15, 0.2) is 5.78 Å². The summed E-state index contributed by atoms with van der Waals surface area (Å²) >= 11 is 1.63. The first-order valence-electron chi connectivity index (χ1n) is 7.94. The zero-order valence-corrected chi connectivity index (χ0v) is 13.7. The average Bonchev–Trinajstić information content (AvgIpc) is 3.20. The van der Waals surface area contributed by atoms with Gasteiger partial charge in [-0.3, -0.25) is 4.79 Å². The lowest BCUT2D eigenvalue weighted by atomic mass is 9.88. The predicted octanol–water partition coefficient (Wildman–Crippen LogP) is 3.40. The van der Waals surface area contributed by atoms with Gasteiger partial charge in [0.05, 0.1) is 6.26 Å². The summed E-state index contributed by atoms with van der Waals surface area (Å²) < 4.78 is 7.40. The van der Waals surface area contributed by atoms with Crippen LogP contribution in [0.25, 0.3) is 0 Å². The van der Waals surface area contributed by atoms with Crippen LogP contribution in [-0.4, -0.2) is 26.3 Å². The third-order valence-corrected chi connectivity index (χ3v) is 5.14. The Labute approximate surface area is 138 Å². The van der Waals surface area contributed by atoms with Crippen molar-refractivity contribution in [1.29, 1.82) is 0 Å². The summed E-state index contributed by atoms with van der Waals surface area (Å²) in [5, 5.41) is 8.66. The van der Waals surface area contributed by atoms with E-state index in [1.807, 2.05) is 12.1 Å². The van der Waals surface area contributed by atoms with Crippen LogP contribution >= 0.6 is 11.8 Å². The summed E-state index contributed by atoms with van der Waals surface area (Å²) in [4.78, 5) is 17.1. The number of nitrogens with one attached hydrogen (secondary N) is 1. The molecule has 0 fully saturated rings. The fraction of sp³-hybridized carbons (Fsp3) is 0.438. The Hall–Kier alpha value is -2.02. The van der Waals surface area contributed by atoms with Gasteiger partial charge < -0.3 is 9.73 Å². The van der Waals surface area contributed by atoms with Crippen molar-refractivity contribution in [2.75, 3.05) is 11.1 Å². The Morgan fingerprint density at radius 2 is 2.39 bits per heavy atom. The second-order valence-corrected chi connectivity index (χ2v) is 6.79. The number of thioether (sulfide) groups is 1. The number of fused-ring (bicyclic) bond motifs is 1. The third-order valence-electron chi connectivity index (χ3n) is 4.10. The first-order valence-corrected chi connectivity index (χ1v) is 8.92. The number of aromatic nitrogens is 3. The predicted molar refractivity (Wildman–Crippen MR) is 87.4 cm³/mol. The van der Waals surface area contributed by atoms with Gasteiger partial charge in [0.25, 0.3) is 0 Å². The Kier molecular flexibility index (Phi) is 3.72. The smallest absolute Gasteiger partial charge is 0.227 e. The van der Waals surface area contributed by atoms with Crippen molar-refractivity contribution in [1.82, 2.24) is 14.8 Å².